The van der Waals surface area contributed by atoms with Gasteiger partial charge in [-0.15, -0.1) is 0 Å². The van der Waals surface area contributed by atoms with Gasteiger partial charge in [-0.25, -0.2) is 0 Å². The van der Waals surface area contributed by atoms with E-state index in [4.69, 9.17) is 28.8 Å². The fourth-order valence-electron chi connectivity index (χ4n) is 10.0. The van der Waals surface area contributed by atoms with Crippen LogP contribution >= 0.6 is 0 Å². The van der Waals surface area contributed by atoms with E-state index in [9.17, 15) is 24.0 Å². The van der Waals surface area contributed by atoms with Gasteiger partial charge in [-0.3, -0.25) is 43.8 Å². The Morgan fingerprint density at radius 3 is 2.25 bits per heavy atom. The van der Waals surface area contributed by atoms with Gasteiger partial charge in [0.05, 0.1) is 73.3 Å². The molecule has 2 fully saturated rings. The molecule has 6 aromatic rings. The van der Waals surface area contributed by atoms with Crippen LogP contribution in [-0.2, 0) is 48.0 Å². The number of hydrogen-bond acceptors (Lipinski definition) is 13. The molecule has 0 bridgehead atoms. The van der Waals surface area contributed by atoms with E-state index in [-0.39, 0.29) is 29.6 Å². The van der Waals surface area contributed by atoms with Gasteiger partial charge in [-0.2, -0.15) is 5.10 Å². The van der Waals surface area contributed by atoms with E-state index in [1.54, 1.807) is 25.3 Å². The number of rotatable bonds is 22. The van der Waals surface area contributed by atoms with Crippen LogP contribution in [0.3, 0.4) is 0 Å². The SMILES string of the molecule is COC(C)(C)C.Cc1nn(CCCOCCOCCNc2cccc3c2C(=O)N(C2CCC(=O)NC2=O)C3=O)c(C)c1-c1cccc2c(CCCOc3cccc4ccccc34)c(C=O)n(CCN3CCOCC3)c12. The van der Waals surface area contributed by atoms with Crippen molar-refractivity contribution < 1.29 is 47.7 Å². The standard InChI is InChI=1S/C53H59N7O9.C5H12O/c1-35-48(36(2)59(56-35)22-9-27-66-32-33-67-29-21-54-43-17-7-15-42-49(43)53(65)60(52(42)64)44-19-20-47(62)55-51(44)63)41-14-6-13-40-39(16-8-28-69-46-18-5-11-37-10-3-4-12-38(37)46)45(34-61)58(50(40)41)24-23-57-25-30-68-31-26-57;1-5(2,3)6-4/h3-7,10-15,17-18,34,44,54H,8-9,16,19-33H2,1-2H3,(H,55,62,63);1-4H3. The number of imide groups is 2. The number of morpholine rings is 1. The number of ether oxygens (including phenoxy) is 5. The van der Waals surface area contributed by atoms with Gasteiger partial charge in [0.25, 0.3) is 11.8 Å². The molecule has 2 N–H and O–H groups in total. The summed E-state index contributed by atoms with van der Waals surface area (Å²) in [4.78, 5) is 67.1. The van der Waals surface area contributed by atoms with E-state index in [2.05, 4.69) is 63.4 Å². The molecule has 4 aromatic carbocycles. The van der Waals surface area contributed by atoms with E-state index in [0.29, 0.717) is 83.7 Å². The zero-order valence-electron chi connectivity index (χ0n) is 44.2. The van der Waals surface area contributed by atoms with Crippen molar-refractivity contribution in [3.63, 3.8) is 0 Å². The average Bonchev–Trinajstić information content (AvgIpc) is 3.98. The summed E-state index contributed by atoms with van der Waals surface area (Å²) in [6.07, 6.45) is 3.36. The first-order chi connectivity index (χ1) is 36.3. The van der Waals surface area contributed by atoms with Crippen molar-refractivity contribution in [1.82, 2.24) is 29.5 Å². The van der Waals surface area contributed by atoms with Crippen molar-refractivity contribution in [2.45, 2.75) is 91.5 Å². The van der Waals surface area contributed by atoms with Crippen molar-refractivity contribution in [3.8, 4) is 16.9 Å². The van der Waals surface area contributed by atoms with E-state index in [1.807, 2.05) is 56.6 Å². The van der Waals surface area contributed by atoms with Crippen LogP contribution in [0, 0.1) is 13.8 Å². The van der Waals surface area contributed by atoms with E-state index in [1.165, 1.54) is 0 Å². The van der Waals surface area contributed by atoms with Crippen LogP contribution in [0.5, 0.6) is 5.75 Å². The van der Waals surface area contributed by atoms with Crippen molar-refractivity contribution in [3.05, 3.63) is 113 Å². The quantitative estimate of drug-likeness (QED) is 0.0382. The molecule has 0 aliphatic carbocycles. The van der Waals surface area contributed by atoms with Gasteiger partial charge in [0.2, 0.25) is 11.8 Å². The lowest BCUT2D eigenvalue weighted by atomic mass is 9.98. The predicted octanol–water partition coefficient (Wildman–Crippen LogP) is 7.80. The van der Waals surface area contributed by atoms with Crippen LogP contribution < -0.4 is 15.4 Å². The first-order valence-corrected chi connectivity index (χ1v) is 26.1. The molecule has 2 aromatic heterocycles. The average molecular weight is 1030 g/mol. The van der Waals surface area contributed by atoms with Gasteiger partial charge in [0, 0.05) is 92.7 Å². The third-order valence-corrected chi connectivity index (χ3v) is 14.0. The number of aromatic nitrogens is 3. The summed E-state index contributed by atoms with van der Waals surface area (Å²) in [6.45, 7) is 18.0. The summed E-state index contributed by atoms with van der Waals surface area (Å²) >= 11 is 0. The van der Waals surface area contributed by atoms with Gasteiger partial charge in [0.1, 0.15) is 11.8 Å². The van der Waals surface area contributed by atoms with E-state index >= 15 is 0 Å². The van der Waals surface area contributed by atoms with Gasteiger partial charge in [-0.05, 0) is 89.5 Å². The lowest BCUT2D eigenvalue weighted by Gasteiger charge is -2.27. The molecular weight excluding hydrogens is 955 g/mol. The minimum Gasteiger partial charge on any atom is -0.493 e. The minimum atomic E-state index is -1.02. The molecule has 9 rings (SSSR count). The molecular formula is C58H71N7O10. The number of fused-ring (bicyclic) bond motifs is 3. The third-order valence-electron chi connectivity index (χ3n) is 14.0. The molecule has 4 amide bonds. The molecule has 17 nitrogen and oxygen atoms in total. The largest absolute Gasteiger partial charge is 0.493 e. The number of nitrogens with one attached hydrogen (secondary N) is 2. The number of hydrogen-bond donors (Lipinski definition) is 2. The van der Waals surface area contributed by atoms with Crippen molar-refractivity contribution >= 4 is 57.3 Å². The number of anilines is 1. The summed E-state index contributed by atoms with van der Waals surface area (Å²) in [5, 5.41) is 13.7. The number of aldehydes is 1. The van der Waals surface area contributed by atoms with Crippen molar-refractivity contribution in [1.29, 1.82) is 0 Å². The van der Waals surface area contributed by atoms with Crippen LogP contribution in [0.1, 0.15) is 94.6 Å². The number of benzene rings is 4. The number of aryl methyl sites for hydroxylation is 3. The van der Waals surface area contributed by atoms with Crippen molar-refractivity contribution in [2.75, 3.05) is 84.9 Å². The molecule has 398 valence electrons. The highest BCUT2D eigenvalue weighted by Crippen LogP contribution is 2.38. The number of carbonyl (C=O) groups excluding carboxylic acids is 5. The summed E-state index contributed by atoms with van der Waals surface area (Å²) in [7, 11) is 1.71. The lowest BCUT2D eigenvalue weighted by molar-refractivity contribution is -0.136. The number of para-hydroxylation sites is 1. The minimum absolute atomic E-state index is 0.0417. The maximum absolute atomic E-state index is 13.4. The van der Waals surface area contributed by atoms with Gasteiger partial charge < -0.3 is 33.6 Å². The number of amides is 4. The first kappa shape index (κ1) is 54.5. The second kappa shape index (κ2) is 25.2. The number of nitrogens with zero attached hydrogens (tertiary/aromatic N) is 5. The Kier molecular flexibility index (Phi) is 18.3. The molecule has 2 saturated heterocycles. The Bertz CT molecular complexity index is 3000. The zero-order valence-corrected chi connectivity index (χ0v) is 44.2. The van der Waals surface area contributed by atoms with E-state index < -0.39 is 29.7 Å². The van der Waals surface area contributed by atoms with Crippen LogP contribution in [0.15, 0.2) is 78.9 Å². The molecule has 0 saturated carbocycles. The Hall–Kier alpha value is -6.76. The Morgan fingerprint density at radius 1 is 0.787 bits per heavy atom. The highest BCUT2D eigenvalue weighted by Gasteiger charge is 2.45. The maximum Gasteiger partial charge on any atom is 0.264 e. The molecule has 1 unspecified atom stereocenters. The number of piperidine rings is 1. The Balaban J connectivity index is 0.00000118. The smallest absolute Gasteiger partial charge is 0.264 e. The molecule has 0 radical (unpaired) electrons. The van der Waals surface area contributed by atoms with Crippen LogP contribution in [0.4, 0.5) is 5.69 Å². The summed E-state index contributed by atoms with van der Waals surface area (Å²) in [5.41, 5.74) is 7.86. The highest BCUT2D eigenvalue weighted by molar-refractivity contribution is 6.25. The Labute approximate surface area is 438 Å². The molecule has 17 heteroatoms. The van der Waals surface area contributed by atoms with Crippen LogP contribution in [0.25, 0.3) is 32.8 Å². The zero-order chi connectivity index (χ0) is 53.1. The molecule has 75 heavy (non-hydrogen) atoms. The number of carbonyl (C=O) groups is 5. The fraction of sp³-hybridized carbons (Fsp3) is 0.448. The fourth-order valence-corrected chi connectivity index (χ4v) is 10.0. The molecule has 5 heterocycles. The summed E-state index contributed by atoms with van der Waals surface area (Å²) in [5.74, 6) is -1.31. The van der Waals surface area contributed by atoms with Crippen LogP contribution in [0.2, 0.25) is 0 Å². The Morgan fingerprint density at radius 2 is 1.49 bits per heavy atom. The van der Waals surface area contributed by atoms with Gasteiger partial charge >= 0.3 is 0 Å². The number of methoxy groups -OCH3 is 1. The van der Waals surface area contributed by atoms with Crippen molar-refractivity contribution in [2.24, 2.45) is 0 Å². The summed E-state index contributed by atoms with van der Waals surface area (Å²) < 4.78 is 32.9. The molecule has 3 aliphatic heterocycles. The topological polar surface area (TPSA) is 185 Å². The maximum atomic E-state index is 13.4. The van der Waals surface area contributed by atoms with Gasteiger partial charge in [0.15, 0.2) is 6.29 Å². The third kappa shape index (κ3) is 12.8. The van der Waals surface area contributed by atoms with Crippen LogP contribution in [-0.4, -0.2) is 145 Å². The second-order valence-corrected chi connectivity index (χ2v) is 20.0. The van der Waals surface area contributed by atoms with E-state index in [0.717, 1.165) is 99.2 Å². The molecule has 1 atom stereocenters. The monoisotopic (exact) mass is 1030 g/mol. The normalized spacial score (nSPS) is 16.1. The first-order valence-electron chi connectivity index (χ1n) is 26.1. The lowest BCUT2D eigenvalue weighted by Crippen LogP contribution is -2.54. The second-order valence-electron chi connectivity index (χ2n) is 20.0. The predicted molar refractivity (Wildman–Crippen MR) is 288 cm³/mol. The highest BCUT2D eigenvalue weighted by atomic mass is 16.5. The summed E-state index contributed by atoms with van der Waals surface area (Å²) in [6, 6.07) is 24.7. The molecule has 3 aliphatic rings. The van der Waals surface area contributed by atoms with Gasteiger partial charge in [-0.1, -0.05) is 60.7 Å². The molecule has 0 spiro atoms.